The predicted octanol–water partition coefficient (Wildman–Crippen LogP) is 24.0. The zero-order valence-electron chi connectivity index (χ0n) is 56.8. The van der Waals surface area contributed by atoms with E-state index in [2.05, 4.69) is 287 Å². The summed E-state index contributed by atoms with van der Waals surface area (Å²) in [7, 11) is 0. The first-order valence-electron chi connectivity index (χ1n) is 34.8. The van der Waals surface area contributed by atoms with E-state index in [-0.39, 0.29) is 0 Å². The van der Waals surface area contributed by atoms with Crippen LogP contribution in [-0.2, 0) is 6.42 Å². The molecule has 103 heavy (non-hydrogen) atoms. The average Bonchev–Trinajstić information content (AvgIpc) is 0.768. The third kappa shape index (κ3) is 13.1. The summed E-state index contributed by atoms with van der Waals surface area (Å²) in [6.07, 6.45) is 0.922. The van der Waals surface area contributed by atoms with Crippen LogP contribution in [0.3, 0.4) is 0 Å². The summed E-state index contributed by atoms with van der Waals surface area (Å²) in [4.78, 5) is 40.4. The summed E-state index contributed by atoms with van der Waals surface area (Å²) >= 11 is 0. The number of pyridine rings is 5. The van der Waals surface area contributed by atoms with E-state index in [4.69, 9.17) is 39.9 Å². The average molecular weight is 1320 g/mol. The molecule has 0 aliphatic carbocycles. The van der Waals surface area contributed by atoms with Crippen LogP contribution in [0.25, 0.3) is 179 Å². The minimum Gasteiger partial charge on any atom is -0.248 e. The van der Waals surface area contributed by atoms with E-state index in [9.17, 15) is 0 Å². The van der Waals surface area contributed by atoms with E-state index >= 15 is 0 Å². The Morgan fingerprint density at radius 2 is 0.505 bits per heavy atom. The highest BCUT2D eigenvalue weighted by atomic mass is 15.0. The van der Waals surface area contributed by atoms with Crippen LogP contribution in [0.5, 0.6) is 0 Å². The van der Waals surface area contributed by atoms with Crippen molar-refractivity contribution in [3.8, 4) is 135 Å². The van der Waals surface area contributed by atoms with Gasteiger partial charge in [-0.1, -0.05) is 316 Å². The smallest absolute Gasteiger partial charge is 0.164 e. The highest BCUT2D eigenvalue weighted by molar-refractivity contribution is 6.07. The largest absolute Gasteiger partial charge is 0.248 e. The molecule has 0 unspecified atom stereocenters. The van der Waals surface area contributed by atoms with Gasteiger partial charge in [-0.3, -0.25) is 0 Å². The lowest BCUT2D eigenvalue weighted by Gasteiger charge is -2.12. The van der Waals surface area contributed by atoms with E-state index in [1.54, 1.807) is 0 Å². The molecule has 0 N–H and O–H groups in total. The van der Waals surface area contributed by atoms with Crippen molar-refractivity contribution in [1.29, 1.82) is 0 Å². The topological polar surface area (TPSA) is 103 Å². The first-order chi connectivity index (χ1) is 50.9. The van der Waals surface area contributed by atoms with E-state index in [0.717, 1.165) is 162 Å². The summed E-state index contributed by atoms with van der Waals surface area (Å²) in [5.74, 6) is 1.94. The number of rotatable bonds is 13. The van der Waals surface area contributed by atoms with Crippen LogP contribution in [-0.4, -0.2) is 39.9 Å². The van der Waals surface area contributed by atoms with Crippen LogP contribution in [0.15, 0.2) is 352 Å². The zero-order chi connectivity index (χ0) is 69.0. The summed E-state index contributed by atoms with van der Waals surface area (Å²) in [6.45, 7) is 4.35. The van der Waals surface area contributed by atoms with E-state index in [1.807, 2.05) is 78.9 Å². The minimum atomic E-state index is 0.640. The summed E-state index contributed by atoms with van der Waals surface area (Å²) in [6, 6.07) is 122. The normalized spacial score (nSPS) is 11.2. The van der Waals surface area contributed by atoms with Crippen LogP contribution < -0.4 is 0 Å². The Morgan fingerprint density at radius 3 is 0.971 bits per heavy atom. The van der Waals surface area contributed by atoms with Gasteiger partial charge in [-0.25, -0.2) is 39.9 Å². The van der Waals surface area contributed by atoms with Crippen molar-refractivity contribution in [1.82, 2.24) is 39.9 Å². The quantitative estimate of drug-likeness (QED) is 0.105. The minimum absolute atomic E-state index is 0.640. The Labute approximate surface area is 598 Å². The molecule has 0 amide bonds. The third-order valence-corrected chi connectivity index (χ3v) is 19.1. The van der Waals surface area contributed by atoms with Gasteiger partial charge in [-0.15, -0.1) is 0 Å². The highest BCUT2D eigenvalue weighted by Crippen LogP contribution is 2.38. The monoisotopic (exact) mass is 1320 g/mol. The molecule has 0 saturated carbocycles. The Morgan fingerprint density at radius 1 is 0.194 bits per heavy atom. The molecular formula is C95H66N8. The Balaban J connectivity index is 0.000000153. The van der Waals surface area contributed by atoms with Crippen molar-refractivity contribution in [2.75, 3.05) is 0 Å². The van der Waals surface area contributed by atoms with Gasteiger partial charge in [0.15, 0.2) is 17.5 Å². The molecule has 18 aromatic rings. The standard InChI is InChI=1S/C48H33N3.C47H33N5/c1-32-28-44(35-14-7-3-8-15-35)51-48-42(32)26-24-38-25-27-43(50-47(38)48)37-22-20-34(21-23-37)39-18-11-19-40(29-39)46-31-41(33-12-5-2-6-13-33)30-45(49-46)36-16-9-4-10-17-36;1-2-31-30-42(34-12-6-3-7-13-34)49-44-40(31)28-26-36-27-29-41(48-43(36)44)35-22-18-32(19-23-35)33-20-24-39(25-21-33)47-51-45(37-14-8-4-9-15-37)50-46(52-47)38-16-10-5-11-17-38/h2-31H,1H3;3-30H,2H2,1H3. The second kappa shape index (κ2) is 28.0. The second-order valence-corrected chi connectivity index (χ2v) is 25.7. The van der Waals surface area contributed by atoms with Crippen LogP contribution in [0.1, 0.15) is 18.1 Å². The van der Waals surface area contributed by atoms with Gasteiger partial charge in [0.25, 0.3) is 0 Å². The molecular weight excluding hydrogens is 1250 g/mol. The number of fused-ring (bicyclic) bond motifs is 6. The first-order valence-corrected chi connectivity index (χ1v) is 34.8. The fraction of sp³-hybridized carbons (Fsp3) is 0.0316. The summed E-state index contributed by atoms with van der Waals surface area (Å²) in [5, 5.41) is 4.44. The number of hydrogen-bond donors (Lipinski definition) is 0. The third-order valence-electron chi connectivity index (χ3n) is 19.1. The Kier molecular flexibility index (Phi) is 17.1. The maximum Gasteiger partial charge on any atom is 0.164 e. The fourth-order valence-electron chi connectivity index (χ4n) is 13.6. The fourth-order valence-corrected chi connectivity index (χ4v) is 13.6. The molecule has 6 heterocycles. The number of aryl methyl sites for hydroxylation is 2. The van der Waals surface area contributed by atoms with Gasteiger partial charge in [0.2, 0.25) is 0 Å². The SMILES string of the molecule is CCc1cc(-c2ccccc2)nc2c1ccc1ccc(-c3ccc(-c4ccc(-c5nc(-c6ccccc6)nc(-c6ccccc6)n5)cc4)cc3)nc12.Cc1cc(-c2ccccc2)nc2c1ccc1ccc(-c3ccc(-c4cccc(-c5cc(-c6ccccc6)cc(-c6ccccc6)n5)c4)cc3)nc12. The lowest BCUT2D eigenvalue weighted by atomic mass is 9.97. The molecule has 18 rings (SSSR count). The highest BCUT2D eigenvalue weighted by Gasteiger charge is 2.18. The van der Waals surface area contributed by atoms with Gasteiger partial charge in [0.1, 0.15) is 0 Å². The molecule has 0 aliphatic heterocycles. The van der Waals surface area contributed by atoms with Gasteiger partial charge >= 0.3 is 0 Å². The van der Waals surface area contributed by atoms with Gasteiger partial charge in [0, 0.05) is 71.6 Å². The number of hydrogen-bond acceptors (Lipinski definition) is 8. The van der Waals surface area contributed by atoms with Crippen molar-refractivity contribution in [2.45, 2.75) is 20.3 Å². The molecule has 0 fully saturated rings. The van der Waals surface area contributed by atoms with Crippen LogP contribution >= 0.6 is 0 Å². The van der Waals surface area contributed by atoms with Crippen LogP contribution in [0.4, 0.5) is 0 Å². The molecule has 8 nitrogen and oxygen atoms in total. The predicted molar refractivity (Wildman–Crippen MR) is 425 cm³/mol. The van der Waals surface area contributed by atoms with Crippen molar-refractivity contribution in [3.63, 3.8) is 0 Å². The lowest BCUT2D eigenvalue weighted by molar-refractivity contribution is 1.07. The molecule has 6 aromatic heterocycles. The van der Waals surface area contributed by atoms with Crippen LogP contribution in [0, 0.1) is 6.92 Å². The van der Waals surface area contributed by atoms with Gasteiger partial charge in [-0.2, -0.15) is 0 Å². The molecule has 0 atom stereocenters. The summed E-state index contributed by atoms with van der Waals surface area (Å²) < 4.78 is 0. The molecule has 0 radical (unpaired) electrons. The maximum atomic E-state index is 5.21. The van der Waals surface area contributed by atoms with Gasteiger partial charge in [0.05, 0.1) is 56.2 Å². The van der Waals surface area contributed by atoms with Crippen molar-refractivity contribution >= 4 is 43.6 Å². The van der Waals surface area contributed by atoms with Crippen LogP contribution in [0.2, 0.25) is 0 Å². The van der Waals surface area contributed by atoms with Gasteiger partial charge < -0.3 is 0 Å². The van der Waals surface area contributed by atoms with Crippen molar-refractivity contribution in [2.24, 2.45) is 0 Å². The molecule has 0 spiro atoms. The summed E-state index contributed by atoms with van der Waals surface area (Å²) in [5.41, 5.74) is 28.0. The molecule has 486 valence electrons. The molecule has 0 aliphatic rings. The van der Waals surface area contributed by atoms with E-state index in [0.29, 0.717) is 17.5 Å². The molecule has 0 saturated heterocycles. The first kappa shape index (κ1) is 62.9. The maximum absolute atomic E-state index is 5.21. The molecule has 0 bridgehead atoms. The van der Waals surface area contributed by atoms with Crippen molar-refractivity contribution < 1.29 is 0 Å². The van der Waals surface area contributed by atoms with E-state index < -0.39 is 0 Å². The number of benzene rings is 12. The van der Waals surface area contributed by atoms with Gasteiger partial charge in [-0.05, 0) is 100 Å². The second-order valence-electron chi connectivity index (χ2n) is 25.7. The number of nitrogens with zero attached hydrogens (tertiary/aromatic N) is 8. The molecule has 8 heteroatoms. The Hall–Kier alpha value is -13.6. The van der Waals surface area contributed by atoms with E-state index in [1.165, 1.54) is 16.7 Å². The lowest BCUT2D eigenvalue weighted by Crippen LogP contribution is -2.00. The zero-order valence-corrected chi connectivity index (χ0v) is 56.8. The number of aromatic nitrogens is 8. The Bertz CT molecular complexity index is 5990. The van der Waals surface area contributed by atoms with Crippen molar-refractivity contribution in [3.05, 3.63) is 363 Å². The molecule has 12 aromatic carbocycles.